The van der Waals surface area contributed by atoms with Crippen molar-refractivity contribution < 1.29 is 14.3 Å². The minimum absolute atomic E-state index is 0.152. The van der Waals surface area contributed by atoms with Gasteiger partial charge in [-0.3, -0.25) is 0 Å². The number of benzene rings is 3. The molecule has 4 nitrogen and oxygen atoms in total. The molecule has 0 heterocycles. The quantitative estimate of drug-likeness (QED) is 0.505. The largest absolute Gasteiger partial charge is 0.482 e. The SMILES string of the molecule is Cc1cccc(OCC(=O)Oc2ccc(-c3ccc(C#N)cc3)cc2)c1. The molecule has 0 fully saturated rings. The van der Waals surface area contributed by atoms with E-state index in [0.29, 0.717) is 17.1 Å². The molecular weight excluding hydrogens is 326 g/mol. The summed E-state index contributed by atoms with van der Waals surface area (Å²) in [6, 6.07) is 24.1. The van der Waals surface area contributed by atoms with E-state index in [1.807, 2.05) is 49.4 Å². The predicted molar refractivity (Wildman–Crippen MR) is 98.9 cm³/mol. The van der Waals surface area contributed by atoms with Gasteiger partial charge in [-0.15, -0.1) is 0 Å². The zero-order valence-electron chi connectivity index (χ0n) is 14.3. The van der Waals surface area contributed by atoms with Crippen molar-refractivity contribution in [3.8, 4) is 28.7 Å². The van der Waals surface area contributed by atoms with Crippen LogP contribution in [0.15, 0.2) is 72.8 Å². The molecule has 3 rings (SSSR count). The third-order valence-electron chi connectivity index (χ3n) is 3.78. The van der Waals surface area contributed by atoms with Crippen LogP contribution in [0.4, 0.5) is 0 Å². The summed E-state index contributed by atoms with van der Waals surface area (Å²) in [6.45, 7) is 1.81. The van der Waals surface area contributed by atoms with Gasteiger partial charge in [0.1, 0.15) is 11.5 Å². The van der Waals surface area contributed by atoms with Gasteiger partial charge in [-0.2, -0.15) is 5.26 Å². The molecule has 0 aromatic heterocycles. The zero-order chi connectivity index (χ0) is 18.4. The molecule has 4 heteroatoms. The van der Waals surface area contributed by atoms with Gasteiger partial charge in [-0.05, 0) is 60.0 Å². The Kier molecular flexibility index (Phi) is 5.31. The molecule has 0 saturated heterocycles. The highest BCUT2D eigenvalue weighted by Gasteiger charge is 2.07. The van der Waals surface area contributed by atoms with Crippen molar-refractivity contribution in [1.29, 1.82) is 5.26 Å². The number of ether oxygens (including phenoxy) is 2. The van der Waals surface area contributed by atoms with E-state index in [1.165, 1.54) is 0 Å². The summed E-state index contributed by atoms with van der Waals surface area (Å²) in [7, 11) is 0. The number of hydrogen-bond donors (Lipinski definition) is 0. The van der Waals surface area contributed by atoms with Crippen LogP contribution in [0.2, 0.25) is 0 Å². The van der Waals surface area contributed by atoms with Crippen LogP contribution in [-0.4, -0.2) is 12.6 Å². The minimum atomic E-state index is -0.461. The van der Waals surface area contributed by atoms with E-state index < -0.39 is 5.97 Å². The number of nitriles is 1. The van der Waals surface area contributed by atoms with Gasteiger partial charge in [0, 0.05) is 0 Å². The van der Waals surface area contributed by atoms with E-state index in [0.717, 1.165) is 16.7 Å². The fraction of sp³-hybridized carbons (Fsp3) is 0.0909. The summed E-state index contributed by atoms with van der Waals surface area (Å²) < 4.78 is 10.7. The third-order valence-corrected chi connectivity index (χ3v) is 3.78. The molecule has 0 aliphatic rings. The van der Waals surface area contributed by atoms with E-state index in [-0.39, 0.29) is 6.61 Å². The molecule has 0 spiro atoms. The second-order valence-corrected chi connectivity index (χ2v) is 5.79. The van der Waals surface area contributed by atoms with Crippen LogP contribution in [-0.2, 0) is 4.79 Å². The number of hydrogen-bond acceptors (Lipinski definition) is 4. The Labute approximate surface area is 152 Å². The fourth-order valence-electron chi connectivity index (χ4n) is 2.46. The van der Waals surface area contributed by atoms with E-state index in [1.54, 1.807) is 30.3 Å². The Hall–Kier alpha value is -3.58. The molecule has 26 heavy (non-hydrogen) atoms. The Bertz CT molecular complexity index is 938. The zero-order valence-corrected chi connectivity index (χ0v) is 14.3. The van der Waals surface area contributed by atoms with Crippen LogP contribution in [0.25, 0.3) is 11.1 Å². The highest BCUT2D eigenvalue weighted by atomic mass is 16.6. The van der Waals surface area contributed by atoms with E-state index in [2.05, 4.69) is 6.07 Å². The Morgan fingerprint density at radius 1 is 0.923 bits per heavy atom. The average molecular weight is 343 g/mol. The standard InChI is InChI=1S/C22H17NO3/c1-16-3-2-4-21(13-16)25-15-22(24)26-20-11-9-19(10-12-20)18-7-5-17(14-23)6-8-18/h2-13H,15H2,1H3. The molecule has 0 aliphatic carbocycles. The lowest BCUT2D eigenvalue weighted by Crippen LogP contribution is -2.17. The molecular formula is C22H17NO3. The van der Waals surface area contributed by atoms with Gasteiger partial charge in [-0.1, -0.05) is 36.4 Å². The lowest BCUT2D eigenvalue weighted by atomic mass is 10.0. The summed E-state index contributed by atoms with van der Waals surface area (Å²) in [6.07, 6.45) is 0. The maximum atomic E-state index is 11.9. The van der Waals surface area contributed by atoms with Crippen molar-refractivity contribution in [2.45, 2.75) is 6.92 Å². The van der Waals surface area contributed by atoms with Crippen molar-refractivity contribution in [2.75, 3.05) is 6.61 Å². The average Bonchev–Trinajstić information content (AvgIpc) is 2.67. The summed E-state index contributed by atoms with van der Waals surface area (Å²) in [5, 5.41) is 8.84. The molecule has 0 N–H and O–H groups in total. The Morgan fingerprint density at radius 3 is 2.19 bits per heavy atom. The van der Waals surface area contributed by atoms with Crippen LogP contribution in [0.3, 0.4) is 0 Å². The molecule has 0 radical (unpaired) electrons. The van der Waals surface area contributed by atoms with Crippen molar-refractivity contribution in [1.82, 2.24) is 0 Å². The first-order valence-corrected chi connectivity index (χ1v) is 8.15. The van der Waals surface area contributed by atoms with Crippen molar-refractivity contribution in [3.63, 3.8) is 0 Å². The summed E-state index contributed by atoms with van der Waals surface area (Å²) in [5.41, 5.74) is 3.65. The third kappa shape index (κ3) is 4.49. The maximum absolute atomic E-state index is 11.9. The molecule has 0 amide bonds. The first kappa shape index (κ1) is 17.2. The smallest absolute Gasteiger partial charge is 0.349 e. The monoisotopic (exact) mass is 343 g/mol. The van der Waals surface area contributed by atoms with Crippen LogP contribution in [0.1, 0.15) is 11.1 Å². The molecule has 3 aromatic carbocycles. The van der Waals surface area contributed by atoms with Crippen LogP contribution >= 0.6 is 0 Å². The number of esters is 1. The molecule has 0 atom stereocenters. The van der Waals surface area contributed by atoms with Gasteiger partial charge >= 0.3 is 5.97 Å². The summed E-state index contributed by atoms with van der Waals surface area (Å²) in [5.74, 6) is 0.635. The minimum Gasteiger partial charge on any atom is -0.482 e. The second-order valence-electron chi connectivity index (χ2n) is 5.79. The van der Waals surface area contributed by atoms with Gasteiger partial charge < -0.3 is 9.47 Å². The lowest BCUT2D eigenvalue weighted by Gasteiger charge is -2.08. The topological polar surface area (TPSA) is 59.3 Å². The van der Waals surface area contributed by atoms with Crippen LogP contribution in [0.5, 0.6) is 11.5 Å². The predicted octanol–water partition coefficient (Wildman–Crippen LogP) is 4.52. The molecule has 0 unspecified atom stereocenters. The first-order chi connectivity index (χ1) is 12.6. The van der Waals surface area contributed by atoms with E-state index >= 15 is 0 Å². The first-order valence-electron chi connectivity index (χ1n) is 8.15. The second kappa shape index (κ2) is 8.00. The van der Waals surface area contributed by atoms with Crippen LogP contribution < -0.4 is 9.47 Å². The van der Waals surface area contributed by atoms with Gasteiger partial charge in [0.15, 0.2) is 6.61 Å². The van der Waals surface area contributed by atoms with Crippen molar-refractivity contribution in [2.24, 2.45) is 0 Å². The van der Waals surface area contributed by atoms with Crippen molar-refractivity contribution >= 4 is 5.97 Å². The lowest BCUT2D eigenvalue weighted by molar-refractivity contribution is -0.136. The highest BCUT2D eigenvalue weighted by Crippen LogP contribution is 2.23. The molecule has 0 saturated carbocycles. The number of carbonyl (C=O) groups excluding carboxylic acids is 1. The Balaban J connectivity index is 1.58. The molecule has 128 valence electrons. The van der Waals surface area contributed by atoms with E-state index in [9.17, 15) is 4.79 Å². The number of aryl methyl sites for hydroxylation is 1. The van der Waals surface area contributed by atoms with Gasteiger partial charge in [0.2, 0.25) is 0 Å². The van der Waals surface area contributed by atoms with Crippen LogP contribution in [0, 0.1) is 18.3 Å². The van der Waals surface area contributed by atoms with Gasteiger partial charge in [0.25, 0.3) is 0 Å². The van der Waals surface area contributed by atoms with Gasteiger partial charge in [0.05, 0.1) is 11.6 Å². The maximum Gasteiger partial charge on any atom is 0.349 e. The number of rotatable bonds is 5. The number of carbonyl (C=O) groups is 1. The fourth-order valence-corrected chi connectivity index (χ4v) is 2.46. The van der Waals surface area contributed by atoms with Gasteiger partial charge in [-0.25, -0.2) is 4.79 Å². The molecule has 3 aromatic rings. The molecule has 0 aliphatic heterocycles. The highest BCUT2D eigenvalue weighted by molar-refractivity contribution is 5.74. The normalized spacial score (nSPS) is 10.0. The van der Waals surface area contributed by atoms with E-state index in [4.69, 9.17) is 14.7 Å². The number of nitrogens with zero attached hydrogens (tertiary/aromatic N) is 1. The Morgan fingerprint density at radius 2 is 1.58 bits per heavy atom. The summed E-state index contributed by atoms with van der Waals surface area (Å²) >= 11 is 0. The van der Waals surface area contributed by atoms with Crippen molar-refractivity contribution in [3.05, 3.63) is 83.9 Å². The summed E-state index contributed by atoms with van der Waals surface area (Å²) in [4.78, 5) is 11.9. The molecule has 0 bridgehead atoms.